The van der Waals surface area contributed by atoms with Gasteiger partial charge in [0.15, 0.2) is 0 Å². The third-order valence-electron chi connectivity index (χ3n) is 15.7. The van der Waals surface area contributed by atoms with Crippen LogP contribution in [0.2, 0.25) is 0 Å². The van der Waals surface area contributed by atoms with Crippen molar-refractivity contribution >= 4 is 155 Å². The molecule has 6 aromatic carbocycles. The highest BCUT2D eigenvalue weighted by Crippen LogP contribution is 2.58. The molecular formula is C58H50Br6Cl2. The van der Waals surface area contributed by atoms with E-state index in [1.807, 2.05) is 0 Å². The van der Waals surface area contributed by atoms with Crippen molar-refractivity contribution in [3.8, 4) is 33.4 Å². The molecule has 0 heterocycles. The molecule has 0 radical (unpaired) electrons. The molecule has 0 aromatic heterocycles. The standard InChI is InChI=1S/C57H48Br6.CH2Cl2/c1-7-55(8-2)43-19-31-13-15-33-21-45-39(27-51(33)60)41-29-53(62)35(23-47(41)56(45,9-3)10-4)17-18-36-24-48-42(30-54(36)63)40-28-52(61)34(22-46(40)57(48,11-5)12-6)16-14-32-20-44(55)38(26-50(32)59)37(43)25-49(31)58;2-1-3/h13-30H,7-12H2,1-6H3;1H2. The number of benzene rings is 6. The molecular weight excluding hydrogens is 1250 g/mol. The minimum absolute atomic E-state index is 0.0976. The summed E-state index contributed by atoms with van der Waals surface area (Å²) in [6.45, 7) is 14.2. The first-order valence-electron chi connectivity index (χ1n) is 22.9. The van der Waals surface area contributed by atoms with Crippen molar-refractivity contribution in [3.05, 3.63) is 166 Å². The van der Waals surface area contributed by atoms with Crippen molar-refractivity contribution < 1.29 is 0 Å². The van der Waals surface area contributed by atoms with Crippen molar-refractivity contribution in [2.24, 2.45) is 0 Å². The Morgan fingerprint density at radius 3 is 0.545 bits per heavy atom. The van der Waals surface area contributed by atoms with E-state index in [1.54, 1.807) is 0 Å². The molecule has 0 fully saturated rings. The van der Waals surface area contributed by atoms with Crippen molar-refractivity contribution in [1.29, 1.82) is 0 Å². The van der Waals surface area contributed by atoms with Crippen molar-refractivity contribution in [2.75, 3.05) is 5.34 Å². The van der Waals surface area contributed by atoms with Crippen LogP contribution in [-0.2, 0) is 16.2 Å². The molecule has 4 aliphatic carbocycles. The normalized spacial score (nSPS) is 15.7. The second-order valence-corrected chi connectivity index (χ2v) is 23.9. The fourth-order valence-corrected chi connectivity index (χ4v) is 14.9. The van der Waals surface area contributed by atoms with Crippen LogP contribution in [0, 0.1) is 0 Å². The minimum atomic E-state index is -0.0976. The Morgan fingerprint density at radius 2 is 0.424 bits per heavy atom. The van der Waals surface area contributed by atoms with Crippen LogP contribution in [0.5, 0.6) is 0 Å². The molecule has 0 N–H and O–H groups in total. The fourth-order valence-electron chi connectivity index (χ4n) is 12.0. The summed E-state index contributed by atoms with van der Waals surface area (Å²) in [4.78, 5) is 0. The van der Waals surface area contributed by atoms with Crippen LogP contribution < -0.4 is 0 Å². The van der Waals surface area contributed by atoms with Crippen LogP contribution >= 0.6 is 119 Å². The lowest BCUT2D eigenvalue weighted by atomic mass is 9.73. The zero-order valence-electron chi connectivity index (χ0n) is 37.9. The summed E-state index contributed by atoms with van der Waals surface area (Å²) in [5.41, 5.74) is 23.3. The molecule has 6 aromatic rings. The van der Waals surface area contributed by atoms with Gasteiger partial charge in [-0.3, -0.25) is 0 Å². The Morgan fingerprint density at radius 1 is 0.288 bits per heavy atom. The molecule has 0 saturated heterocycles. The van der Waals surface area contributed by atoms with E-state index in [1.165, 1.54) is 100 Å². The first-order valence-corrected chi connectivity index (χ1v) is 28.8. The van der Waals surface area contributed by atoms with Gasteiger partial charge in [-0.25, -0.2) is 0 Å². The average Bonchev–Trinajstić information content (AvgIpc) is 3.82. The summed E-state index contributed by atoms with van der Waals surface area (Å²) >= 11 is 33.8. The van der Waals surface area contributed by atoms with Crippen molar-refractivity contribution in [1.82, 2.24) is 0 Å². The van der Waals surface area contributed by atoms with E-state index in [-0.39, 0.29) is 21.6 Å². The van der Waals surface area contributed by atoms with Crippen molar-refractivity contribution in [3.63, 3.8) is 0 Å². The topological polar surface area (TPSA) is 0 Å². The highest BCUT2D eigenvalue weighted by atomic mass is 79.9. The highest BCUT2D eigenvalue weighted by Gasteiger charge is 2.44. The average molecular weight is 1300 g/mol. The van der Waals surface area contributed by atoms with E-state index >= 15 is 0 Å². The molecule has 8 heteroatoms. The smallest absolute Gasteiger partial charge is 0.0967 e. The van der Waals surface area contributed by atoms with Gasteiger partial charge in [-0.05, 0) is 211 Å². The maximum Gasteiger partial charge on any atom is 0.0967 e. The zero-order chi connectivity index (χ0) is 47.0. The number of alkyl halides is 2. The summed E-state index contributed by atoms with van der Waals surface area (Å²) in [5.74, 6) is 0. The van der Waals surface area contributed by atoms with Gasteiger partial charge in [0, 0.05) is 43.1 Å². The Kier molecular flexibility index (Phi) is 14.1. The molecule has 0 saturated carbocycles. The first-order chi connectivity index (χ1) is 31.7. The predicted molar refractivity (Wildman–Crippen MR) is 309 cm³/mol. The number of rotatable bonds is 6. The molecule has 0 amide bonds. The van der Waals surface area contributed by atoms with Crippen LogP contribution in [0.4, 0.5) is 0 Å². The van der Waals surface area contributed by atoms with Gasteiger partial charge >= 0.3 is 0 Å². The van der Waals surface area contributed by atoms with E-state index in [0.717, 1.165) is 65.4 Å². The van der Waals surface area contributed by atoms with Crippen LogP contribution in [0.3, 0.4) is 0 Å². The third kappa shape index (κ3) is 7.53. The van der Waals surface area contributed by atoms with Gasteiger partial charge in [-0.2, -0.15) is 0 Å². The lowest BCUT2D eigenvalue weighted by Gasteiger charge is -2.30. The monoisotopic (exact) mass is 1290 g/mol. The Labute approximate surface area is 451 Å². The van der Waals surface area contributed by atoms with Gasteiger partial charge in [0.05, 0.1) is 5.34 Å². The third-order valence-corrected chi connectivity index (χ3v) is 19.9. The maximum absolute atomic E-state index is 4.76. The summed E-state index contributed by atoms with van der Waals surface area (Å²) in [6.07, 6.45) is 20.0. The second-order valence-electron chi connectivity index (χ2n) is 18.0. The largest absolute Gasteiger partial charge is 0.109 e. The Bertz CT molecular complexity index is 2550. The van der Waals surface area contributed by atoms with Gasteiger partial charge in [-0.15, -0.1) is 23.2 Å². The van der Waals surface area contributed by atoms with Crippen molar-refractivity contribution in [2.45, 2.75) is 96.3 Å². The SMILES string of the molecule is CCC1(CC)c2cc3c(Br)cc2-c2cc(Br)c(cc21)C=Cc1cc2c(cc1Br)-c1cc(Br)c(cc1C2(CC)CC)C=Cc1cc2c(cc1Br)-c1cc(Br)c(cc1C2(CC)CC)C=C3.ClCCl. The lowest BCUT2D eigenvalue weighted by Crippen LogP contribution is -2.23. The fraction of sp³-hybridized carbons (Fsp3) is 0.276. The molecule has 0 spiro atoms. The van der Waals surface area contributed by atoms with Crippen LogP contribution in [-0.4, -0.2) is 5.34 Å². The van der Waals surface area contributed by atoms with Crippen LogP contribution in [0.15, 0.2) is 99.6 Å². The minimum Gasteiger partial charge on any atom is -0.109 e. The molecule has 10 rings (SSSR count). The Balaban J connectivity index is 0.00000178. The molecule has 4 aliphatic rings. The number of fused-ring (bicyclic) bond motifs is 9. The molecule has 66 heavy (non-hydrogen) atoms. The molecule has 338 valence electrons. The molecule has 12 bridgehead atoms. The summed E-state index contributed by atoms with van der Waals surface area (Å²) < 4.78 is 6.63. The highest BCUT2D eigenvalue weighted by molar-refractivity contribution is 9.11. The van der Waals surface area contributed by atoms with E-state index in [9.17, 15) is 0 Å². The lowest BCUT2D eigenvalue weighted by molar-refractivity contribution is 0.490. The van der Waals surface area contributed by atoms with Crippen LogP contribution in [0.1, 0.15) is 147 Å². The Hall–Kier alpha value is -2.00. The van der Waals surface area contributed by atoms with Gasteiger partial charge < -0.3 is 0 Å². The molecule has 0 nitrogen and oxygen atoms in total. The van der Waals surface area contributed by atoms with Gasteiger partial charge in [0.1, 0.15) is 0 Å². The van der Waals surface area contributed by atoms with Gasteiger partial charge in [-0.1, -0.05) is 174 Å². The number of hydrogen-bond donors (Lipinski definition) is 0. The summed E-state index contributed by atoms with van der Waals surface area (Å²) in [6, 6.07) is 28.9. The second kappa shape index (κ2) is 19.0. The quantitative estimate of drug-likeness (QED) is 0.146. The number of halogens is 8. The predicted octanol–water partition coefficient (Wildman–Crippen LogP) is 21.8. The molecule has 0 aliphatic heterocycles. The number of hydrogen-bond acceptors (Lipinski definition) is 0. The maximum atomic E-state index is 4.76. The van der Waals surface area contributed by atoms with Gasteiger partial charge in [0.25, 0.3) is 0 Å². The first kappa shape index (κ1) is 49.0. The van der Waals surface area contributed by atoms with E-state index in [0.29, 0.717) is 0 Å². The summed E-state index contributed by atoms with van der Waals surface area (Å²) in [7, 11) is 0. The van der Waals surface area contributed by atoms with Gasteiger partial charge in [0.2, 0.25) is 0 Å². The summed E-state index contributed by atoms with van der Waals surface area (Å²) in [5, 5.41) is 0.194. The zero-order valence-corrected chi connectivity index (χ0v) is 48.9. The molecule has 0 unspecified atom stereocenters. The van der Waals surface area contributed by atoms with E-state index < -0.39 is 0 Å². The van der Waals surface area contributed by atoms with E-state index in [4.69, 9.17) is 23.2 Å². The molecule has 0 atom stereocenters. The van der Waals surface area contributed by atoms with Crippen LogP contribution in [0.25, 0.3) is 69.8 Å². The van der Waals surface area contributed by atoms with E-state index in [2.05, 4.69) is 246 Å².